The first kappa shape index (κ1) is 17.5. The number of carboxylic acids is 1. The van der Waals surface area contributed by atoms with Crippen molar-refractivity contribution in [2.45, 2.75) is 24.4 Å². The van der Waals surface area contributed by atoms with E-state index in [-0.39, 0.29) is 25.5 Å². The number of hydrogen-bond acceptors (Lipinski definition) is 4. The zero-order valence-electron chi connectivity index (χ0n) is 14.8. The molecule has 0 radical (unpaired) electrons. The fourth-order valence-corrected chi connectivity index (χ4v) is 4.05. The third-order valence-electron chi connectivity index (χ3n) is 5.46. The predicted molar refractivity (Wildman–Crippen MR) is 98.5 cm³/mol. The highest BCUT2D eigenvalue weighted by Crippen LogP contribution is 2.44. The number of rotatable bonds is 3. The summed E-state index contributed by atoms with van der Waals surface area (Å²) in [5.41, 5.74) is 2.63. The fourth-order valence-electron chi connectivity index (χ4n) is 4.05. The van der Waals surface area contributed by atoms with Crippen LogP contribution in [0.25, 0.3) is 11.1 Å². The van der Waals surface area contributed by atoms with Gasteiger partial charge in [0.05, 0.1) is 6.54 Å². The number of β-amino-alcohol motifs (C(OH)–C–C–N with tert-alkyl or cyclic N) is 1. The number of benzene rings is 2. The zero-order chi connectivity index (χ0) is 19.0. The Morgan fingerprint density at radius 2 is 1.67 bits per heavy atom. The number of amides is 1. The minimum Gasteiger partial charge on any atom is -0.479 e. The molecule has 1 amide bonds. The minimum absolute atomic E-state index is 0.0514. The molecule has 140 valence electrons. The lowest BCUT2D eigenvalue weighted by Gasteiger charge is -2.35. The average Bonchev–Trinajstić information content (AvgIpc) is 3.00. The summed E-state index contributed by atoms with van der Waals surface area (Å²) in [6.45, 7) is 0.306. The van der Waals surface area contributed by atoms with Crippen LogP contribution in [0.5, 0.6) is 0 Å². The highest BCUT2D eigenvalue weighted by Gasteiger charge is 2.42. The van der Waals surface area contributed by atoms with Gasteiger partial charge in [-0.3, -0.25) is 0 Å². The molecule has 0 saturated carbocycles. The van der Waals surface area contributed by atoms with Crippen molar-refractivity contribution in [3.05, 3.63) is 59.7 Å². The van der Waals surface area contributed by atoms with Crippen molar-refractivity contribution in [3.8, 4) is 11.1 Å². The Bertz CT molecular complexity index is 850. The van der Waals surface area contributed by atoms with E-state index < -0.39 is 17.7 Å². The molecule has 27 heavy (non-hydrogen) atoms. The molecular weight excluding hydrogens is 346 g/mol. The van der Waals surface area contributed by atoms with Crippen LogP contribution in [0.4, 0.5) is 4.79 Å². The Labute approximate surface area is 157 Å². The Kier molecular flexibility index (Phi) is 4.36. The largest absolute Gasteiger partial charge is 0.479 e. The van der Waals surface area contributed by atoms with Crippen molar-refractivity contribution in [2.24, 2.45) is 0 Å². The van der Waals surface area contributed by atoms with Crippen molar-refractivity contribution >= 4 is 12.1 Å². The summed E-state index contributed by atoms with van der Waals surface area (Å²) in [5.74, 6) is -1.36. The molecule has 0 spiro atoms. The highest BCUT2D eigenvalue weighted by atomic mass is 16.6. The quantitative estimate of drug-likeness (QED) is 0.871. The standard InChI is InChI=1S/C21H21NO5/c23-19(24)21(26)10-5-11-22(13-21)20(25)27-12-18-16-8-3-1-6-14(16)15-7-2-4-9-17(15)18/h1-4,6-9,18,26H,5,10-13H2,(H,23,24). The summed E-state index contributed by atoms with van der Waals surface area (Å²) in [4.78, 5) is 25.0. The van der Waals surface area contributed by atoms with Gasteiger partial charge in [0.2, 0.25) is 0 Å². The van der Waals surface area contributed by atoms with Gasteiger partial charge in [-0.05, 0) is 35.1 Å². The second-order valence-corrected chi connectivity index (χ2v) is 7.17. The Hall–Kier alpha value is -2.86. The molecular formula is C21H21NO5. The van der Waals surface area contributed by atoms with Gasteiger partial charge in [0, 0.05) is 12.5 Å². The smallest absolute Gasteiger partial charge is 0.409 e. The molecule has 1 fully saturated rings. The monoisotopic (exact) mass is 367 g/mol. The van der Waals surface area contributed by atoms with Gasteiger partial charge in [-0.1, -0.05) is 48.5 Å². The number of carboxylic acid groups (broad SMARTS) is 1. The molecule has 2 aromatic carbocycles. The van der Waals surface area contributed by atoms with Crippen LogP contribution in [0.1, 0.15) is 29.9 Å². The van der Waals surface area contributed by atoms with E-state index in [0.717, 1.165) is 22.3 Å². The SMILES string of the molecule is O=C(OCC1c2ccccc2-c2ccccc21)N1CCCC(O)(C(=O)O)C1. The number of fused-ring (bicyclic) bond motifs is 3. The van der Waals surface area contributed by atoms with E-state index in [1.54, 1.807) is 0 Å². The van der Waals surface area contributed by atoms with Crippen molar-refractivity contribution in [3.63, 3.8) is 0 Å². The van der Waals surface area contributed by atoms with Crippen molar-refractivity contribution in [1.82, 2.24) is 4.90 Å². The van der Waals surface area contributed by atoms with Gasteiger partial charge < -0.3 is 19.8 Å². The zero-order valence-corrected chi connectivity index (χ0v) is 14.8. The molecule has 2 N–H and O–H groups in total. The average molecular weight is 367 g/mol. The summed E-state index contributed by atoms with van der Waals surface area (Å²) in [6.07, 6.45) is -0.0288. The van der Waals surface area contributed by atoms with Crippen LogP contribution < -0.4 is 0 Å². The van der Waals surface area contributed by atoms with Crippen LogP contribution in [0.3, 0.4) is 0 Å². The van der Waals surface area contributed by atoms with E-state index in [2.05, 4.69) is 12.1 Å². The van der Waals surface area contributed by atoms with Gasteiger partial charge in [-0.15, -0.1) is 0 Å². The number of ether oxygens (including phenoxy) is 1. The summed E-state index contributed by atoms with van der Waals surface area (Å²) >= 11 is 0. The van der Waals surface area contributed by atoms with Crippen LogP contribution in [-0.4, -0.2) is 52.5 Å². The van der Waals surface area contributed by atoms with Gasteiger partial charge in [0.25, 0.3) is 0 Å². The van der Waals surface area contributed by atoms with E-state index in [1.807, 2.05) is 36.4 Å². The highest BCUT2D eigenvalue weighted by molar-refractivity contribution is 5.80. The predicted octanol–water partition coefficient (Wildman–Crippen LogP) is 2.85. The van der Waals surface area contributed by atoms with E-state index in [4.69, 9.17) is 4.74 Å². The van der Waals surface area contributed by atoms with Crippen molar-refractivity contribution in [2.75, 3.05) is 19.7 Å². The van der Waals surface area contributed by atoms with Crippen LogP contribution >= 0.6 is 0 Å². The van der Waals surface area contributed by atoms with E-state index >= 15 is 0 Å². The van der Waals surface area contributed by atoms with Crippen LogP contribution in [0.15, 0.2) is 48.5 Å². The molecule has 1 saturated heterocycles. The van der Waals surface area contributed by atoms with Gasteiger partial charge in [-0.25, -0.2) is 9.59 Å². The first-order valence-corrected chi connectivity index (χ1v) is 9.05. The maximum Gasteiger partial charge on any atom is 0.409 e. The van der Waals surface area contributed by atoms with Gasteiger partial charge in [0.15, 0.2) is 5.60 Å². The van der Waals surface area contributed by atoms with E-state index in [0.29, 0.717) is 13.0 Å². The first-order chi connectivity index (χ1) is 13.0. The summed E-state index contributed by atoms with van der Waals surface area (Å²) in [6, 6.07) is 16.1. The fraction of sp³-hybridized carbons (Fsp3) is 0.333. The van der Waals surface area contributed by atoms with E-state index in [1.165, 1.54) is 4.90 Å². The number of likely N-dealkylation sites (tertiary alicyclic amines) is 1. The third-order valence-corrected chi connectivity index (χ3v) is 5.46. The molecule has 1 unspecified atom stereocenters. The topological polar surface area (TPSA) is 87.1 Å². The third kappa shape index (κ3) is 3.06. The number of aliphatic hydroxyl groups is 1. The molecule has 1 atom stereocenters. The Morgan fingerprint density at radius 1 is 1.07 bits per heavy atom. The van der Waals surface area contributed by atoms with Gasteiger partial charge in [-0.2, -0.15) is 0 Å². The maximum absolute atomic E-state index is 12.5. The normalized spacial score (nSPS) is 21.4. The van der Waals surface area contributed by atoms with Crippen LogP contribution in [0, 0.1) is 0 Å². The Balaban J connectivity index is 1.49. The lowest BCUT2D eigenvalue weighted by atomic mass is 9.93. The first-order valence-electron chi connectivity index (χ1n) is 9.05. The summed E-state index contributed by atoms with van der Waals surface area (Å²) < 4.78 is 5.54. The number of nitrogens with zero attached hydrogens (tertiary/aromatic N) is 1. The van der Waals surface area contributed by atoms with Crippen LogP contribution in [0.2, 0.25) is 0 Å². The Morgan fingerprint density at radius 3 is 2.26 bits per heavy atom. The molecule has 1 heterocycles. The maximum atomic E-state index is 12.5. The summed E-state index contributed by atoms with van der Waals surface area (Å²) in [7, 11) is 0. The molecule has 1 aliphatic heterocycles. The molecule has 6 nitrogen and oxygen atoms in total. The molecule has 6 heteroatoms. The molecule has 2 aromatic rings. The lowest BCUT2D eigenvalue weighted by Crippen LogP contribution is -2.54. The summed E-state index contributed by atoms with van der Waals surface area (Å²) in [5, 5.41) is 19.3. The molecule has 1 aliphatic carbocycles. The van der Waals surface area contributed by atoms with Crippen molar-refractivity contribution in [1.29, 1.82) is 0 Å². The molecule has 2 aliphatic rings. The number of aliphatic carboxylic acids is 1. The van der Waals surface area contributed by atoms with Gasteiger partial charge >= 0.3 is 12.1 Å². The number of piperidine rings is 1. The molecule has 0 aromatic heterocycles. The lowest BCUT2D eigenvalue weighted by molar-refractivity contribution is -0.163. The molecule has 0 bridgehead atoms. The number of carbonyl (C=O) groups excluding carboxylic acids is 1. The van der Waals surface area contributed by atoms with Crippen LogP contribution in [-0.2, 0) is 9.53 Å². The second kappa shape index (κ2) is 6.70. The van der Waals surface area contributed by atoms with E-state index in [9.17, 15) is 19.8 Å². The minimum atomic E-state index is -1.90. The second-order valence-electron chi connectivity index (χ2n) is 7.17. The number of carbonyl (C=O) groups is 2. The number of hydrogen-bond donors (Lipinski definition) is 2. The molecule has 4 rings (SSSR count). The van der Waals surface area contributed by atoms with Crippen molar-refractivity contribution < 1.29 is 24.5 Å². The van der Waals surface area contributed by atoms with Gasteiger partial charge in [0.1, 0.15) is 6.61 Å².